The Hall–Kier alpha value is -2.66. The van der Waals surface area contributed by atoms with E-state index < -0.39 is 5.92 Å². The molecule has 1 aromatic heterocycles. The third-order valence-electron chi connectivity index (χ3n) is 4.48. The normalized spacial score (nSPS) is 15.7. The SMILES string of the molecule is CCCCOc1cc(Br)c(C2C(C#N)=C(N)Oc3n[nH]c(C)c32)cc1OC. The second-order valence-electron chi connectivity index (χ2n) is 6.22. The number of nitriles is 1. The molecular weight excluding hydrogens is 412 g/mol. The molecule has 8 heteroatoms. The zero-order valence-corrected chi connectivity index (χ0v) is 17.0. The third-order valence-corrected chi connectivity index (χ3v) is 5.17. The number of rotatable bonds is 6. The van der Waals surface area contributed by atoms with Crippen molar-refractivity contribution in [3.05, 3.63) is 44.9 Å². The maximum atomic E-state index is 9.69. The molecule has 0 spiro atoms. The van der Waals surface area contributed by atoms with Crippen molar-refractivity contribution in [3.8, 4) is 23.4 Å². The van der Waals surface area contributed by atoms with Gasteiger partial charge in [0.15, 0.2) is 11.5 Å². The third kappa shape index (κ3) is 3.47. The Labute approximate surface area is 166 Å². The standard InChI is InChI=1S/C19H21BrN4O3/c1-4-5-6-26-15-8-13(20)11(7-14(15)25-3)17-12(9-21)18(22)27-19-16(17)10(2)23-24-19/h7-8,17H,4-6,22H2,1-3H3,(H,23,24). The van der Waals surface area contributed by atoms with Gasteiger partial charge in [0.25, 0.3) is 0 Å². The Morgan fingerprint density at radius 1 is 1.41 bits per heavy atom. The van der Waals surface area contributed by atoms with Gasteiger partial charge in [0.1, 0.15) is 11.6 Å². The highest BCUT2D eigenvalue weighted by molar-refractivity contribution is 9.10. The van der Waals surface area contributed by atoms with E-state index >= 15 is 0 Å². The predicted molar refractivity (Wildman–Crippen MR) is 104 cm³/mol. The molecule has 0 saturated carbocycles. The van der Waals surface area contributed by atoms with Crippen LogP contribution in [0.3, 0.4) is 0 Å². The molecule has 0 aliphatic carbocycles. The molecule has 142 valence electrons. The van der Waals surface area contributed by atoms with E-state index in [9.17, 15) is 5.26 Å². The van der Waals surface area contributed by atoms with Crippen LogP contribution in [0.1, 0.15) is 42.5 Å². The van der Waals surface area contributed by atoms with E-state index in [1.54, 1.807) is 7.11 Å². The number of unbranched alkanes of at least 4 members (excludes halogenated alkanes) is 1. The summed E-state index contributed by atoms with van der Waals surface area (Å²) in [7, 11) is 1.59. The molecule has 2 heterocycles. The summed E-state index contributed by atoms with van der Waals surface area (Å²) in [5, 5.41) is 16.7. The number of ether oxygens (including phenoxy) is 3. The lowest BCUT2D eigenvalue weighted by Crippen LogP contribution is -2.21. The van der Waals surface area contributed by atoms with Crippen molar-refractivity contribution in [3.63, 3.8) is 0 Å². The van der Waals surface area contributed by atoms with Gasteiger partial charge in [-0.2, -0.15) is 5.26 Å². The first-order valence-corrected chi connectivity index (χ1v) is 9.43. The number of hydrogen-bond acceptors (Lipinski definition) is 6. The van der Waals surface area contributed by atoms with Crippen molar-refractivity contribution in [2.24, 2.45) is 5.73 Å². The molecule has 0 radical (unpaired) electrons. The Bertz CT molecular complexity index is 930. The minimum absolute atomic E-state index is 0.0515. The number of aromatic amines is 1. The lowest BCUT2D eigenvalue weighted by molar-refractivity contribution is 0.288. The summed E-state index contributed by atoms with van der Waals surface area (Å²) in [6, 6.07) is 5.90. The molecule has 7 nitrogen and oxygen atoms in total. The fourth-order valence-electron chi connectivity index (χ4n) is 3.08. The molecule has 1 atom stereocenters. The van der Waals surface area contributed by atoms with Crippen LogP contribution in [0.4, 0.5) is 0 Å². The molecule has 3 rings (SSSR count). The molecule has 1 aliphatic rings. The average molecular weight is 433 g/mol. The van der Waals surface area contributed by atoms with Crippen molar-refractivity contribution in [1.29, 1.82) is 5.26 Å². The number of H-pyrrole nitrogens is 1. The second kappa shape index (κ2) is 7.92. The predicted octanol–water partition coefficient (Wildman–Crippen LogP) is 3.89. The summed E-state index contributed by atoms with van der Waals surface area (Å²) >= 11 is 3.62. The molecule has 0 bridgehead atoms. The molecule has 0 fully saturated rings. The highest BCUT2D eigenvalue weighted by Crippen LogP contribution is 2.47. The van der Waals surface area contributed by atoms with Crippen LogP contribution in [0.5, 0.6) is 17.4 Å². The minimum Gasteiger partial charge on any atom is -0.493 e. The second-order valence-corrected chi connectivity index (χ2v) is 7.07. The minimum atomic E-state index is -0.425. The van der Waals surface area contributed by atoms with E-state index in [4.69, 9.17) is 19.9 Å². The van der Waals surface area contributed by atoms with Crippen molar-refractivity contribution in [2.45, 2.75) is 32.6 Å². The van der Waals surface area contributed by atoms with Gasteiger partial charge < -0.3 is 19.9 Å². The zero-order valence-electron chi connectivity index (χ0n) is 15.4. The van der Waals surface area contributed by atoms with Crippen LogP contribution < -0.4 is 19.9 Å². The Morgan fingerprint density at radius 3 is 2.85 bits per heavy atom. The Kier molecular flexibility index (Phi) is 5.61. The molecule has 0 amide bonds. The van der Waals surface area contributed by atoms with Gasteiger partial charge >= 0.3 is 0 Å². The topological polar surface area (TPSA) is 106 Å². The molecule has 1 unspecified atom stereocenters. The van der Waals surface area contributed by atoms with Gasteiger partial charge in [-0.05, 0) is 31.0 Å². The Morgan fingerprint density at radius 2 is 2.19 bits per heavy atom. The largest absolute Gasteiger partial charge is 0.493 e. The quantitative estimate of drug-likeness (QED) is 0.670. The first-order chi connectivity index (χ1) is 13.0. The smallest absolute Gasteiger partial charge is 0.244 e. The highest BCUT2D eigenvalue weighted by atomic mass is 79.9. The lowest BCUT2D eigenvalue weighted by atomic mass is 9.84. The van der Waals surface area contributed by atoms with Gasteiger partial charge in [0.2, 0.25) is 11.8 Å². The van der Waals surface area contributed by atoms with E-state index in [2.05, 4.69) is 39.1 Å². The van der Waals surface area contributed by atoms with Gasteiger partial charge in [-0.1, -0.05) is 29.3 Å². The average Bonchev–Trinajstić information content (AvgIpc) is 3.01. The summed E-state index contributed by atoms with van der Waals surface area (Å²) in [5.41, 5.74) is 8.72. The number of nitrogens with zero attached hydrogens (tertiary/aromatic N) is 2. The number of fused-ring (bicyclic) bond motifs is 1. The van der Waals surface area contributed by atoms with Crippen LogP contribution in [0, 0.1) is 18.3 Å². The maximum absolute atomic E-state index is 9.69. The summed E-state index contributed by atoms with van der Waals surface area (Å²) in [6.07, 6.45) is 2.00. The lowest BCUT2D eigenvalue weighted by Gasteiger charge is -2.25. The summed E-state index contributed by atoms with van der Waals surface area (Å²) in [4.78, 5) is 0. The fraction of sp³-hybridized carbons (Fsp3) is 0.368. The van der Waals surface area contributed by atoms with Crippen LogP contribution in [0.15, 0.2) is 28.1 Å². The van der Waals surface area contributed by atoms with Gasteiger partial charge in [0.05, 0.1) is 19.6 Å². The molecule has 1 aromatic carbocycles. The van der Waals surface area contributed by atoms with Crippen molar-refractivity contribution in [2.75, 3.05) is 13.7 Å². The molecule has 3 N–H and O–H groups in total. The number of benzene rings is 1. The number of nitrogens with one attached hydrogen (secondary N) is 1. The van der Waals surface area contributed by atoms with Crippen LogP contribution in [0.25, 0.3) is 0 Å². The van der Waals surface area contributed by atoms with Crippen molar-refractivity contribution in [1.82, 2.24) is 10.2 Å². The summed E-state index contributed by atoms with van der Waals surface area (Å²) in [6.45, 7) is 4.60. The Balaban J connectivity index is 2.12. The van der Waals surface area contributed by atoms with Crippen LogP contribution >= 0.6 is 15.9 Å². The van der Waals surface area contributed by atoms with E-state index in [1.807, 2.05) is 19.1 Å². The van der Waals surface area contributed by atoms with Crippen LogP contribution in [-0.2, 0) is 0 Å². The summed E-state index contributed by atoms with van der Waals surface area (Å²) < 4.78 is 17.7. The number of aryl methyl sites for hydroxylation is 1. The van der Waals surface area contributed by atoms with E-state index in [0.717, 1.165) is 34.1 Å². The van der Waals surface area contributed by atoms with Gasteiger partial charge in [0, 0.05) is 15.7 Å². The molecule has 1 aliphatic heterocycles. The first-order valence-electron chi connectivity index (χ1n) is 8.64. The van der Waals surface area contributed by atoms with Gasteiger partial charge in [-0.3, -0.25) is 5.10 Å². The van der Waals surface area contributed by atoms with E-state index in [1.165, 1.54) is 0 Å². The van der Waals surface area contributed by atoms with Crippen molar-refractivity contribution < 1.29 is 14.2 Å². The van der Waals surface area contributed by atoms with Crippen LogP contribution in [-0.4, -0.2) is 23.9 Å². The van der Waals surface area contributed by atoms with Crippen molar-refractivity contribution >= 4 is 15.9 Å². The maximum Gasteiger partial charge on any atom is 0.244 e. The van der Waals surface area contributed by atoms with Gasteiger partial charge in [-0.25, -0.2) is 0 Å². The molecule has 27 heavy (non-hydrogen) atoms. The first kappa shape index (κ1) is 19.1. The zero-order chi connectivity index (χ0) is 19.6. The number of halogens is 1. The van der Waals surface area contributed by atoms with Gasteiger partial charge in [-0.15, -0.1) is 5.10 Å². The number of aromatic nitrogens is 2. The summed E-state index contributed by atoms with van der Waals surface area (Å²) in [5.74, 6) is 1.24. The van der Waals surface area contributed by atoms with E-state index in [0.29, 0.717) is 29.6 Å². The monoisotopic (exact) mass is 432 g/mol. The molecule has 2 aromatic rings. The molecule has 0 saturated heterocycles. The number of hydrogen-bond donors (Lipinski definition) is 2. The molecular formula is C19H21BrN4O3. The van der Waals surface area contributed by atoms with E-state index in [-0.39, 0.29) is 5.88 Å². The highest BCUT2D eigenvalue weighted by Gasteiger charge is 2.35. The number of nitrogens with two attached hydrogens (primary N) is 1. The number of allylic oxidation sites excluding steroid dienone is 1. The van der Waals surface area contributed by atoms with Crippen LogP contribution in [0.2, 0.25) is 0 Å². The fourth-order valence-corrected chi connectivity index (χ4v) is 3.63. The number of methoxy groups -OCH3 is 1.